The molecule has 0 aliphatic carbocycles. The topological polar surface area (TPSA) is 155 Å². The van der Waals surface area contributed by atoms with E-state index in [2.05, 4.69) is 0 Å². The van der Waals surface area contributed by atoms with Crippen LogP contribution < -0.4 is 0 Å². The standard InChI is InChI=1S/C15H16N2O8S/c1-26(24,25)14-12(9-4-6-10(7-5-9)17(22)23)16(15(21)13(14)20)8-2-3-11(18)19/h4-7,12,20H,2-3,8H2,1H3,(H,18,19). The van der Waals surface area contributed by atoms with Crippen molar-refractivity contribution in [3.63, 3.8) is 0 Å². The highest BCUT2D eigenvalue weighted by atomic mass is 32.2. The summed E-state index contributed by atoms with van der Waals surface area (Å²) in [5.74, 6) is -2.94. The van der Waals surface area contributed by atoms with Gasteiger partial charge in [-0.3, -0.25) is 19.7 Å². The highest BCUT2D eigenvalue weighted by Crippen LogP contribution is 2.40. The summed E-state index contributed by atoms with van der Waals surface area (Å²) in [6, 6.07) is 3.73. The number of sulfone groups is 1. The zero-order chi connectivity index (χ0) is 19.6. The summed E-state index contributed by atoms with van der Waals surface area (Å²) >= 11 is 0. The molecule has 1 heterocycles. The number of hydrogen-bond donors (Lipinski definition) is 2. The highest BCUT2D eigenvalue weighted by Gasteiger charge is 2.44. The van der Waals surface area contributed by atoms with Gasteiger partial charge in [-0.05, 0) is 24.1 Å². The molecule has 1 aromatic carbocycles. The van der Waals surface area contributed by atoms with Crippen molar-refractivity contribution in [3.05, 3.63) is 50.6 Å². The van der Waals surface area contributed by atoms with Crippen molar-refractivity contribution < 1.29 is 33.1 Å². The maximum Gasteiger partial charge on any atom is 0.303 e. The number of rotatable bonds is 7. The number of nitrogens with zero attached hydrogens (tertiary/aromatic N) is 2. The molecule has 1 amide bonds. The molecular formula is C15H16N2O8S. The number of nitro groups is 1. The fourth-order valence-corrected chi connectivity index (χ4v) is 3.86. The molecule has 1 aliphatic rings. The summed E-state index contributed by atoms with van der Waals surface area (Å²) in [7, 11) is -3.97. The Morgan fingerprint density at radius 2 is 1.88 bits per heavy atom. The predicted molar refractivity (Wildman–Crippen MR) is 88.9 cm³/mol. The summed E-state index contributed by atoms with van der Waals surface area (Å²) in [6.07, 6.45) is 0.644. The second kappa shape index (κ2) is 7.12. The van der Waals surface area contributed by atoms with Gasteiger partial charge in [0.1, 0.15) is 4.91 Å². The summed E-state index contributed by atoms with van der Waals surface area (Å²) < 4.78 is 24.2. The molecule has 10 nitrogen and oxygen atoms in total. The van der Waals surface area contributed by atoms with E-state index in [1.807, 2.05) is 0 Å². The molecule has 1 aliphatic heterocycles. The van der Waals surface area contributed by atoms with Gasteiger partial charge in [-0.1, -0.05) is 0 Å². The van der Waals surface area contributed by atoms with Crippen LogP contribution in [0.4, 0.5) is 5.69 Å². The molecule has 0 saturated heterocycles. The molecular weight excluding hydrogens is 368 g/mol. The number of carboxylic acids is 1. The van der Waals surface area contributed by atoms with Crippen LogP contribution >= 0.6 is 0 Å². The summed E-state index contributed by atoms with van der Waals surface area (Å²) in [6.45, 7) is -0.101. The van der Waals surface area contributed by atoms with E-state index < -0.39 is 43.3 Å². The van der Waals surface area contributed by atoms with E-state index in [-0.39, 0.29) is 30.6 Å². The number of hydrogen-bond acceptors (Lipinski definition) is 7. The number of carboxylic acid groups (broad SMARTS) is 1. The molecule has 0 radical (unpaired) electrons. The number of carbonyl (C=O) groups excluding carboxylic acids is 1. The largest absolute Gasteiger partial charge is 0.502 e. The molecule has 1 aromatic rings. The molecule has 0 bridgehead atoms. The molecule has 0 fully saturated rings. The Morgan fingerprint density at radius 3 is 2.35 bits per heavy atom. The number of amides is 1. The number of aliphatic hydroxyl groups is 1. The van der Waals surface area contributed by atoms with E-state index >= 15 is 0 Å². The maximum atomic E-state index is 12.3. The maximum absolute atomic E-state index is 12.3. The van der Waals surface area contributed by atoms with E-state index in [1.165, 1.54) is 12.1 Å². The van der Waals surface area contributed by atoms with E-state index in [4.69, 9.17) is 5.11 Å². The van der Waals surface area contributed by atoms with Crippen molar-refractivity contribution in [3.8, 4) is 0 Å². The molecule has 0 aromatic heterocycles. The second-order valence-corrected chi connectivity index (χ2v) is 7.72. The van der Waals surface area contributed by atoms with Crippen LogP contribution in [0.2, 0.25) is 0 Å². The van der Waals surface area contributed by atoms with Crippen LogP contribution in [-0.4, -0.2) is 53.1 Å². The molecule has 0 spiro atoms. The van der Waals surface area contributed by atoms with Gasteiger partial charge >= 0.3 is 5.97 Å². The van der Waals surface area contributed by atoms with E-state index in [0.717, 1.165) is 23.3 Å². The van der Waals surface area contributed by atoms with Gasteiger partial charge in [-0.2, -0.15) is 0 Å². The van der Waals surface area contributed by atoms with Crippen LogP contribution in [0.1, 0.15) is 24.4 Å². The van der Waals surface area contributed by atoms with Crippen molar-refractivity contribution >= 4 is 27.4 Å². The lowest BCUT2D eigenvalue weighted by atomic mass is 10.1. The zero-order valence-corrected chi connectivity index (χ0v) is 14.5. The number of non-ortho nitro benzene ring substituents is 1. The van der Waals surface area contributed by atoms with Gasteiger partial charge in [0.05, 0.1) is 11.0 Å². The first-order valence-corrected chi connectivity index (χ1v) is 9.33. The van der Waals surface area contributed by atoms with E-state index in [0.29, 0.717) is 0 Å². The average Bonchev–Trinajstić information content (AvgIpc) is 2.79. The zero-order valence-electron chi connectivity index (χ0n) is 13.7. The van der Waals surface area contributed by atoms with Crippen LogP contribution in [0.25, 0.3) is 0 Å². The first-order valence-electron chi connectivity index (χ1n) is 7.44. The minimum atomic E-state index is -3.97. The lowest BCUT2D eigenvalue weighted by Crippen LogP contribution is -2.32. The van der Waals surface area contributed by atoms with Crippen LogP contribution in [0.5, 0.6) is 0 Å². The van der Waals surface area contributed by atoms with Crippen molar-refractivity contribution in [2.75, 3.05) is 12.8 Å². The van der Waals surface area contributed by atoms with E-state index in [9.17, 15) is 33.2 Å². The van der Waals surface area contributed by atoms with Crippen molar-refractivity contribution in [1.82, 2.24) is 4.90 Å². The molecule has 1 unspecified atom stereocenters. The predicted octanol–water partition coefficient (Wildman–Crippen LogP) is 1.16. The third-order valence-corrected chi connectivity index (χ3v) is 5.08. The Morgan fingerprint density at radius 1 is 1.31 bits per heavy atom. The van der Waals surface area contributed by atoms with Crippen molar-refractivity contribution in [2.45, 2.75) is 18.9 Å². The quantitative estimate of drug-likeness (QED) is 0.524. The lowest BCUT2D eigenvalue weighted by molar-refractivity contribution is -0.384. The van der Waals surface area contributed by atoms with Crippen LogP contribution in [-0.2, 0) is 19.4 Å². The number of carbonyl (C=O) groups is 2. The van der Waals surface area contributed by atoms with Gasteiger partial charge in [0.25, 0.3) is 11.6 Å². The van der Waals surface area contributed by atoms with Gasteiger partial charge < -0.3 is 15.1 Å². The monoisotopic (exact) mass is 384 g/mol. The molecule has 26 heavy (non-hydrogen) atoms. The molecule has 1 atom stereocenters. The first kappa shape index (κ1) is 19.4. The fraction of sp³-hybridized carbons (Fsp3) is 0.333. The molecule has 2 N–H and O–H groups in total. The van der Waals surface area contributed by atoms with Gasteiger partial charge in [0.2, 0.25) is 0 Å². The van der Waals surface area contributed by atoms with Gasteiger partial charge in [-0.25, -0.2) is 8.42 Å². The number of nitro benzene ring substituents is 1. The first-order chi connectivity index (χ1) is 12.0. The summed E-state index contributed by atoms with van der Waals surface area (Å²) in [4.78, 5) is 33.7. The SMILES string of the molecule is CS(=O)(=O)C1=C(O)C(=O)N(CCCC(=O)O)C1c1ccc([N+](=O)[O-])cc1. The number of aliphatic carboxylic acids is 1. The molecule has 140 valence electrons. The van der Waals surface area contributed by atoms with Gasteiger partial charge in [-0.15, -0.1) is 0 Å². The highest BCUT2D eigenvalue weighted by molar-refractivity contribution is 7.94. The minimum Gasteiger partial charge on any atom is -0.502 e. The Labute approximate surface area is 148 Å². The van der Waals surface area contributed by atoms with Crippen LogP contribution in [0.15, 0.2) is 34.9 Å². The Kier molecular flexibility index (Phi) is 5.30. The minimum absolute atomic E-state index is 0.0505. The Bertz CT molecular complexity index is 889. The Hall–Kier alpha value is -2.95. The molecule has 2 rings (SSSR count). The number of aliphatic hydroxyl groups excluding tert-OH is 1. The lowest BCUT2D eigenvalue weighted by Gasteiger charge is -2.26. The third kappa shape index (κ3) is 3.82. The summed E-state index contributed by atoms with van der Waals surface area (Å²) in [5, 5.41) is 29.5. The average molecular weight is 384 g/mol. The molecule has 11 heteroatoms. The van der Waals surface area contributed by atoms with Crippen LogP contribution in [0, 0.1) is 10.1 Å². The third-order valence-electron chi connectivity index (χ3n) is 3.87. The second-order valence-electron chi connectivity index (χ2n) is 5.73. The van der Waals surface area contributed by atoms with Crippen molar-refractivity contribution in [2.24, 2.45) is 0 Å². The normalized spacial score (nSPS) is 17.7. The molecule has 0 saturated carbocycles. The number of benzene rings is 1. The van der Waals surface area contributed by atoms with Gasteiger partial charge in [0, 0.05) is 31.4 Å². The Balaban J connectivity index is 2.47. The van der Waals surface area contributed by atoms with Crippen molar-refractivity contribution in [1.29, 1.82) is 0 Å². The van der Waals surface area contributed by atoms with Gasteiger partial charge in [0.15, 0.2) is 15.6 Å². The van der Waals surface area contributed by atoms with E-state index in [1.54, 1.807) is 0 Å². The summed E-state index contributed by atoms with van der Waals surface area (Å²) in [5.41, 5.74) is 0.0355. The van der Waals surface area contributed by atoms with Crippen LogP contribution in [0.3, 0.4) is 0 Å². The smallest absolute Gasteiger partial charge is 0.303 e. The fourth-order valence-electron chi connectivity index (χ4n) is 2.75.